The van der Waals surface area contributed by atoms with Crippen LogP contribution in [0.3, 0.4) is 0 Å². The van der Waals surface area contributed by atoms with Crippen molar-refractivity contribution in [2.45, 2.75) is 39.5 Å². The van der Waals surface area contributed by atoms with Crippen molar-refractivity contribution in [1.29, 1.82) is 0 Å². The largest absolute Gasteiger partial charge is 0.340 e. The molecule has 0 unspecified atom stereocenters. The maximum Gasteiger partial charge on any atom is 0.251 e. The fourth-order valence-electron chi connectivity index (χ4n) is 3.55. The van der Waals surface area contributed by atoms with Gasteiger partial charge in [-0.3, -0.25) is 14.5 Å². The lowest BCUT2D eigenvalue weighted by molar-refractivity contribution is -0.132. The van der Waals surface area contributed by atoms with Crippen molar-refractivity contribution in [3.63, 3.8) is 0 Å². The molecule has 0 radical (unpaired) electrons. The number of nitrogens with one attached hydrogen (secondary N) is 1. The molecule has 1 aliphatic rings. The quantitative estimate of drug-likeness (QED) is 0.867. The van der Waals surface area contributed by atoms with E-state index in [4.69, 9.17) is 0 Å². The molecule has 2 heterocycles. The second-order valence-electron chi connectivity index (χ2n) is 7.29. The number of carbonyl (C=O) groups is 1. The Kier molecular flexibility index (Phi) is 6.09. The minimum absolute atomic E-state index is 0.0831. The second-order valence-corrected chi connectivity index (χ2v) is 7.29. The molecule has 0 atom stereocenters. The number of H-pyrrole nitrogens is 1. The highest BCUT2D eigenvalue weighted by atomic mass is 16.2. The Morgan fingerprint density at radius 1 is 1.15 bits per heavy atom. The van der Waals surface area contributed by atoms with Crippen molar-refractivity contribution < 1.29 is 4.79 Å². The third kappa shape index (κ3) is 4.52. The summed E-state index contributed by atoms with van der Waals surface area (Å²) in [4.78, 5) is 32.1. The van der Waals surface area contributed by atoms with Crippen LogP contribution in [0, 0.1) is 6.92 Å². The van der Waals surface area contributed by atoms with Gasteiger partial charge in [0.1, 0.15) is 0 Å². The SMILES string of the molecule is CCCCN1CCN(C(=O)CCc2cc3ccc(C)cc3[nH]c2=O)CC1. The third-order valence-electron chi connectivity index (χ3n) is 5.24. The molecule has 1 aromatic heterocycles. The average Bonchev–Trinajstić information content (AvgIpc) is 2.65. The highest BCUT2D eigenvalue weighted by Crippen LogP contribution is 2.14. The molecule has 140 valence electrons. The van der Waals surface area contributed by atoms with Gasteiger partial charge in [0.25, 0.3) is 5.56 Å². The van der Waals surface area contributed by atoms with E-state index in [1.807, 2.05) is 36.1 Å². The Labute approximate surface area is 155 Å². The van der Waals surface area contributed by atoms with E-state index in [1.54, 1.807) is 0 Å². The summed E-state index contributed by atoms with van der Waals surface area (Å²) in [5.74, 6) is 0.156. The van der Waals surface area contributed by atoms with Crippen LogP contribution in [0.1, 0.15) is 37.3 Å². The Morgan fingerprint density at radius 2 is 1.92 bits per heavy atom. The first kappa shape index (κ1) is 18.6. The standard InChI is InChI=1S/C21H29N3O2/c1-3-4-9-23-10-12-24(13-11-23)20(25)8-7-18-15-17-6-5-16(2)14-19(17)22-21(18)26/h5-6,14-15H,3-4,7-13H2,1-2H3,(H,22,26). The number of rotatable bonds is 6. The van der Waals surface area contributed by atoms with E-state index >= 15 is 0 Å². The van der Waals surface area contributed by atoms with Gasteiger partial charge in [0, 0.05) is 43.7 Å². The second kappa shape index (κ2) is 8.49. The first-order valence-electron chi connectivity index (χ1n) is 9.69. The van der Waals surface area contributed by atoms with Gasteiger partial charge in [0.2, 0.25) is 5.91 Å². The van der Waals surface area contributed by atoms with Gasteiger partial charge in [-0.2, -0.15) is 0 Å². The van der Waals surface area contributed by atoms with Gasteiger partial charge in [-0.05, 0) is 49.4 Å². The van der Waals surface area contributed by atoms with E-state index in [-0.39, 0.29) is 11.5 Å². The summed E-state index contributed by atoms with van der Waals surface area (Å²) in [7, 11) is 0. The predicted molar refractivity (Wildman–Crippen MR) is 106 cm³/mol. The van der Waals surface area contributed by atoms with Crippen LogP contribution in [0.5, 0.6) is 0 Å². The molecular formula is C21H29N3O2. The normalized spacial score (nSPS) is 15.5. The number of piperazine rings is 1. The summed E-state index contributed by atoms with van der Waals surface area (Å²) in [5.41, 5.74) is 2.58. The number of amides is 1. The molecule has 1 N–H and O–H groups in total. The molecule has 0 saturated carbocycles. The van der Waals surface area contributed by atoms with Crippen molar-refractivity contribution >= 4 is 16.8 Å². The van der Waals surface area contributed by atoms with Crippen molar-refractivity contribution in [1.82, 2.24) is 14.8 Å². The fourth-order valence-corrected chi connectivity index (χ4v) is 3.55. The first-order chi connectivity index (χ1) is 12.6. The van der Waals surface area contributed by atoms with Crippen LogP contribution in [0.2, 0.25) is 0 Å². The number of unbranched alkanes of at least 4 members (excludes halogenated alkanes) is 1. The van der Waals surface area contributed by atoms with Gasteiger partial charge >= 0.3 is 0 Å². The van der Waals surface area contributed by atoms with Crippen molar-refractivity contribution in [2.24, 2.45) is 0 Å². The molecule has 0 aliphatic carbocycles. The number of pyridine rings is 1. The lowest BCUT2D eigenvalue weighted by Gasteiger charge is -2.34. The molecule has 1 fully saturated rings. The molecule has 0 bridgehead atoms. The van der Waals surface area contributed by atoms with E-state index < -0.39 is 0 Å². The summed E-state index contributed by atoms with van der Waals surface area (Å²) >= 11 is 0. The third-order valence-corrected chi connectivity index (χ3v) is 5.24. The van der Waals surface area contributed by atoms with E-state index in [2.05, 4.69) is 16.8 Å². The number of hydrogen-bond donors (Lipinski definition) is 1. The minimum atomic E-state index is -0.0831. The molecule has 3 rings (SSSR count). The van der Waals surface area contributed by atoms with Crippen LogP contribution in [0.15, 0.2) is 29.1 Å². The molecule has 1 aliphatic heterocycles. The number of hydrogen-bond acceptors (Lipinski definition) is 3. The number of aryl methyl sites for hydroxylation is 2. The summed E-state index contributed by atoms with van der Waals surface area (Å²) < 4.78 is 0. The summed E-state index contributed by atoms with van der Waals surface area (Å²) in [5, 5.41) is 1.02. The van der Waals surface area contributed by atoms with E-state index in [9.17, 15) is 9.59 Å². The van der Waals surface area contributed by atoms with Gasteiger partial charge in [-0.25, -0.2) is 0 Å². The van der Waals surface area contributed by atoms with Crippen LogP contribution in [0.4, 0.5) is 0 Å². The lowest BCUT2D eigenvalue weighted by atomic mass is 10.1. The van der Waals surface area contributed by atoms with Gasteiger partial charge < -0.3 is 9.88 Å². The fraction of sp³-hybridized carbons (Fsp3) is 0.524. The number of aromatic nitrogens is 1. The summed E-state index contributed by atoms with van der Waals surface area (Å²) in [6.07, 6.45) is 3.32. The van der Waals surface area contributed by atoms with E-state index in [0.717, 1.165) is 49.2 Å². The highest BCUT2D eigenvalue weighted by molar-refractivity contribution is 5.80. The zero-order valence-electron chi connectivity index (χ0n) is 15.9. The van der Waals surface area contributed by atoms with E-state index in [1.165, 1.54) is 12.8 Å². The zero-order chi connectivity index (χ0) is 18.5. The molecule has 1 saturated heterocycles. The van der Waals surface area contributed by atoms with Crippen LogP contribution in [-0.2, 0) is 11.2 Å². The van der Waals surface area contributed by atoms with Crippen molar-refractivity contribution in [3.8, 4) is 0 Å². The van der Waals surface area contributed by atoms with Gasteiger partial charge in [-0.1, -0.05) is 25.5 Å². The molecular weight excluding hydrogens is 326 g/mol. The number of benzene rings is 1. The smallest absolute Gasteiger partial charge is 0.251 e. The predicted octanol–water partition coefficient (Wildman–Crippen LogP) is 2.71. The topological polar surface area (TPSA) is 56.4 Å². The number of aromatic amines is 1. The van der Waals surface area contributed by atoms with Crippen molar-refractivity contribution in [3.05, 3.63) is 45.7 Å². The maximum atomic E-state index is 12.5. The molecule has 5 nitrogen and oxygen atoms in total. The van der Waals surface area contributed by atoms with Crippen LogP contribution in [0.25, 0.3) is 10.9 Å². The molecule has 26 heavy (non-hydrogen) atoms. The summed E-state index contributed by atoms with van der Waals surface area (Å²) in [6, 6.07) is 7.95. The van der Waals surface area contributed by atoms with E-state index in [0.29, 0.717) is 18.4 Å². The Balaban J connectivity index is 1.56. The number of nitrogens with zero attached hydrogens (tertiary/aromatic N) is 2. The molecule has 2 aromatic rings. The summed E-state index contributed by atoms with van der Waals surface area (Å²) in [6.45, 7) is 8.86. The van der Waals surface area contributed by atoms with Gasteiger partial charge in [0.05, 0.1) is 0 Å². The molecule has 1 aromatic carbocycles. The molecule has 1 amide bonds. The highest BCUT2D eigenvalue weighted by Gasteiger charge is 2.20. The van der Waals surface area contributed by atoms with Crippen LogP contribution >= 0.6 is 0 Å². The van der Waals surface area contributed by atoms with Gasteiger partial charge in [-0.15, -0.1) is 0 Å². The Hall–Kier alpha value is -2.14. The lowest BCUT2D eigenvalue weighted by Crippen LogP contribution is -2.48. The van der Waals surface area contributed by atoms with Crippen molar-refractivity contribution in [2.75, 3.05) is 32.7 Å². The Morgan fingerprint density at radius 3 is 2.65 bits per heavy atom. The zero-order valence-corrected chi connectivity index (χ0v) is 15.9. The van der Waals surface area contributed by atoms with Crippen LogP contribution in [-0.4, -0.2) is 53.4 Å². The minimum Gasteiger partial charge on any atom is -0.340 e. The maximum absolute atomic E-state index is 12.5. The monoisotopic (exact) mass is 355 g/mol. The van der Waals surface area contributed by atoms with Gasteiger partial charge in [0.15, 0.2) is 0 Å². The Bertz CT molecular complexity index is 820. The van der Waals surface area contributed by atoms with Crippen LogP contribution < -0.4 is 5.56 Å². The average molecular weight is 355 g/mol. The molecule has 5 heteroatoms. The first-order valence-corrected chi connectivity index (χ1v) is 9.69. The number of carbonyl (C=O) groups excluding carboxylic acids is 1. The molecule has 0 spiro atoms. The number of fused-ring (bicyclic) bond motifs is 1.